The van der Waals surface area contributed by atoms with Crippen molar-refractivity contribution in [2.24, 2.45) is 0 Å². The Morgan fingerprint density at radius 1 is 1.30 bits per heavy atom. The van der Waals surface area contributed by atoms with E-state index in [9.17, 15) is 9.18 Å². The van der Waals surface area contributed by atoms with Crippen LogP contribution in [0, 0.1) is 5.82 Å². The molecule has 4 nitrogen and oxygen atoms in total. The molecule has 0 aromatic heterocycles. The molecular weight excluding hydrogens is 319 g/mol. The van der Waals surface area contributed by atoms with Gasteiger partial charge in [-0.3, -0.25) is 4.79 Å². The minimum atomic E-state index is -0.457. The number of ether oxygens (including phenoxy) is 1. The van der Waals surface area contributed by atoms with Gasteiger partial charge in [0.2, 0.25) is 5.91 Å². The van der Waals surface area contributed by atoms with E-state index in [-0.39, 0.29) is 10.9 Å². The number of methoxy groups -OCH3 is 1. The lowest BCUT2D eigenvalue weighted by atomic mass is 10.2. The summed E-state index contributed by atoms with van der Waals surface area (Å²) in [5, 5.41) is 5.95. The van der Waals surface area contributed by atoms with Crippen LogP contribution in [0.3, 0.4) is 0 Å². The average Bonchev–Trinajstić information content (AvgIpc) is 2.55. The predicted molar refractivity (Wildman–Crippen MR) is 89.3 cm³/mol. The first-order valence-electron chi connectivity index (χ1n) is 7.12. The Hall–Kier alpha value is -2.11. The highest BCUT2D eigenvalue weighted by Crippen LogP contribution is 2.22. The molecule has 0 aliphatic carbocycles. The standard InChI is InChI=1S/C17H18ClFN2O2/c1-11(20-10-12-5-3-4-6-16(12)23-2)17(22)21-15-8-7-13(19)9-14(15)18/h3-9,11,20H,10H2,1-2H3,(H,21,22). The van der Waals surface area contributed by atoms with E-state index in [0.717, 1.165) is 17.4 Å². The summed E-state index contributed by atoms with van der Waals surface area (Å²) < 4.78 is 18.3. The molecule has 0 heterocycles. The minimum absolute atomic E-state index is 0.162. The molecule has 23 heavy (non-hydrogen) atoms. The van der Waals surface area contributed by atoms with Gasteiger partial charge >= 0.3 is 0 Å². The summed E-state index contributed by atoms with van der Waals surface area (Å²) in [5.74, 6) is 0.0536. The van der Waals surface area contributed by atoms with E-state index in [0.29, 0.717) is 12.2 Å². The van der Waals surface area contributed by atoms with Crippen LogP contribution in [0.1, 0.15) is 12.5 Å². The number of carbonyl (C=O) groups excluding carboxylic acids is 1. The largest absolute Gasteiger partial charge is 0.496 e. The number of rotatable bonds is 6. The Balaban J connectivity index is 1.95. The minimum Gasteiger partial charge on any atom is -0.496 e. The van der Waals surface area contributed by atoms with Crippen LogP contribution in [-0.4, -0.2) is 19.1 Å². The molecule has 0 bridgehead atoms. The fraction of sp³-hybridized carbons (Fsp3) is 0.235. The summed E-state index contributed by atoms with van der Waals surface area (Å²) in [7, 11) is 1.60. The smallest absolute Gasteiger partial charge is 0.241 e. The number of carbonyl (C=O) groups is 1. The zero-order chi connectivity index (χ0) is 16.8. The van der Waals surface area contributed by atoms with E-state index >= 15 is 0 Å². The van der Waals surface area contributed by atoms with Crippen molar-refractivity contribution in [2.75, 3.05) is 12.4 Å². The monoisotopic (exact) mass is 336 g/mol. The molecule has 0 fully saturated rings. The van der Waals surface area contributed by atoms with Gasteiger partial charge in [0, 0.05) is 12.1 Å². The Labute approximate surface area is 139 Å². The van der Waals surface area contributed by atoms with E-state index in [1.807, 2.05) is 24.3 Å². The number of para-hydroxylation sites is 1. The fourth-order valence-electron chi connectivity index (χ4n) is 2.04. The number of anilines is 1. The lowest BCUT2D eigenvalue weighted by Crippen LogP contribution is -2.37. The van der Waals surface area contributed by atoms with Gasteiger partial charge in [0.05, 0.1) is 23.9 Å². The van der Waals surface area contributed by atoms with Crippen molar-refractivity contribution in [1.82, 2.24) is 5.32 Å². The van der Waals surface area contributed by atoms with Crippen LogP contribution in [0.15, 0.2) is 42.5 Å². The molecule has 1 amide bonds. The molecular formula is C17H18ClFN2O2. The Kier molecular flexibility index (Phi) is 5.96. The van der Waals surface area contributed by atoms with Crippen LogP contribution in [0.25, 0.3) is 0 Å². The summed E-state index contributed by atoms with van der Waals surface area (Å²) in [6, 6.07) is 11.0. The SMILES string of the molecule is COc1ccccc1CNC(C)C(=O)Nc1ccc(F)cc1Cl. The molecule has 0 saturated carbocycles. The first kappa shape index (κ1) is 17.2. The topological polar surface area (TPSA) is 50.4 Å². The third-order valence-corrected chi connectivity index (χ3v) is 3.69. The van der Waals surface area contributed by atoms with Crippen LogP contribution in [0.5, 0.6) is 5.75 Å². The summed E-state index contributed by atoms with van der Waals surface area (Å²) in [4.78, 5) is 12.2. The number of nitrogens with one attached hydrogen (secondary N) is 2. The van der Waals surface area contributed by atoms with E-state index in [2.05, 4.69) is 10.6 Å². The molecule has 1 unspecified atom stereocenters. The molecule has 1 atom stereocenters. The van der Waals surface area contributed by atoms with Crippen LogP contribution in [0.4, 0.5) is 10.1 Å². The van der Waals surface area contributed by atoms with Crippen molar-refractivity contribution in [3.05, 3.63) is 58.9 Å². The molecule has 0 saturated heterocycles. The second-order valence-electron chi connectivity index (χ2n) is 5.03. The van der Waals surface area contributed by atoms with E-state index in [1.165, 1.54) is 12.1 Å². The number of benzene rings is 2. The van der Waals surface area contributed by atoms with Crippen molar-refractivity contribution >= 4 is 23.2 Å². The van der Waals surface area contributed by atoms with E-state index in [4.69, 9.17) is 16.3 Å². The second-order valence-corrected chi connectivity index (χ2v) is 5.44. The average molecular weight is 337 g/mol. The number of hydrogen-bond acceptors (Lipinski definition) is 3. The molecule has 0 aliphatic rings. The van der Waals surface area contributed by atoms with Gasteiger partial charge < -0.3 is 15.4 Å². The van der Waals surface area contributed by atoms with Gasteiger partial charge in [-0.05, 0) is 31.2 Å². The summed E-state index contributed by atoms with van der Waals surface area (Å²) in [5.41, 5.74) is 1.33. The third-order valence-electron chi connectivity index (χ3n) is 3.37. The maximum absolute atomic E-state index is 13.0. The van der Waals surface area contributed by atoms with Gasteiger partial charge in [-0.2, -0.15) is 0 Å². The van der Waals surface area contributed by atoms with E-state index < -0.39 is 11.9 Å². The van der Waals surface area contributed by atoms with Crippen molar-refractivity contribution in [1.29, 1.82) is 0 Å². The molecule has 2 aromatic carbocycles. The van der Waals surface area contributed by atoms with Gasteiger partial charge in [0.15, 0.2) is 0 Å². The molecule has 2 N–H and O–H groups in total. The number of amides is 1. The zero-order valence-electron chi connectivity index (χ0n) is 12.9. The molecule has 0 aliphatic heterocycles. The third kappa shape index (κ3) is 4.68. The molecule has 122 valence electrons. The zero-order valence-corrected chi connectivity index (χ0v) is 13.7. The van der Waals surface area contributed by atoms with Crippen LogP contribution < -0.4 is 15.4 Å². The first-order chi connectivity index (χ1) is 11.0. The van der Waals surface area contributed by atoms with Crippen molar-refractivity contribution in [3.63, 3.8) is 0 Å². The highest BCUT2D eigenvalue weighted by atomic mass is 35.5. The summed E-state index contributed by atoms with van der Waals surface area (Å²) >= 11 is 5.90. The van der Waals surface area contributed by atoms with Gasteiger partial charge in [0.25, 0.3) is 0 Å². The van der Waals surface area contributed by atoms with Gasteiger partial charge in [-0.15, -0.1) is 0 Å². The lowest BCUT2D eigenvalue weighted by molar-refractivity contribution is -0.117. The maximum Gasteiger partial charge on any atom is 0.241 e. The Bertz CT molecular complexity index is 694. The lowest BCUT2D eigenvalue weighted by Gasteiger charge is -2.16. The normalized spacial score (nSPS) is 11.8. The van der Waals surface area contributed by atoms with Crippen LogP contribution in [0.2, 0.25) is 5.02 Å². The van der Waals surface area contributed by atoms with Crippen LogP contribution in [-0.2, 0) is 11.3 Å². The van der Waals surface area contributed by atoms with Crippen LogP contribution >= 0.6 is 11.6 Å². The summed E-state index contributed by atoms with van der Waals surface area (Å²) in [6.45, 7) is 2.22. The van der Waals surface area contributed by atoms with E-state index in [1.54, 1.807) is 14.0 Å². The number of hydrogen-bond donors (Lipinski definition) is 2. The maximum atomic E-state index is 13.0. The molecule has 0 radical (unpaired) electrons. The molecule has 2 rings (SSSR count). The van der Waals surface area contributed by atoms with Crippen molar-refractivity contribution in [2.45, 2.75) is 19.5 Å². The van der Waals surface area contributed by atoms with Gasteiger partial charge in [-0.1, -0.05) is 29.8 Å². The van der Waals surface area contributed by atoms with Crippen molar-refractivity contribution in [3.8, 4) is 5.75 Å². The van der Waals surface area contributed by atoms with Crippen molar-refractivity contribution < 1.29 is 13.9 Å². The highest BCUT2D eigenvalue weighted by Gasteiger charge is 2.15. The quantitative estimate of drug-likeness (QED) is 0.847. The predicted octanol–water partition coefficient (Wildman–Crippen LogP) is 3.60. The number of halogens is 2. The first-order valence-corrected chi connectivity index (χ1v) is 7.50. The summed E-state index contributed by atoms with van der Waals surface area (Å²) in [6.07, 6.45) is 0. The molecule has 6 heteroatoms. The fourth-order valence-corrected chi connectivity index (χ4v) is 2.25. The Morgan fingerprint density at radius 2 is 2.04 bits per heavy atom. The highest BCUT2D eigenvalue weighted by molar-refractivity contribution is 6.33. The molecule has 2 aromatic rings. The Morgan fingerprint density at radius 3 is 2.74 bits per heavy atom. The molecule has 0 spiro atoms. The second kappa shape index (κ2) is 7.94. The van der Waals surface area contributed by atoms with Gasteiger partial charge in [-0.25, -0.2) is 4.39 Å². The van der Waals surface area contributed by atoms with Gasteiger partial charge in [0.1, 0.15) is 11.6 Å².